The number of nitro groups is 1. The molecule has 0 aliphatic carbocycles. The van der Waals surface area contributed by atoms with E-state index in [9.17, 15) is 19.7 Å². The number of halogens is 1. The summed E-state index contributed by atoms with van der Waals surface area (Å²) in [7, 11) is -0.587. The molecule has 0 unspecified atom stereocenters. The lowest BCUT2D eigenvalue weighted by atomic mass is 9.87. The van der Waals surface area contributed by atoms with Crippen LogP contribution in [0.1, 0.15) is 22.9 Å². The molecule has 1 amide bonds. The normalized spacial score (nSPS) is 17.3. The van der Waals surface area contributed by atoms with Crippen LogP contribution in [0, 0.1) is 21.6 Å². The van der Waals surface area contributed by atoms with Crippen LogP contribution in [0.25, 0.3) is 10.9 Å². The van der Waals surface area contributed by atoms with Gasteiger partial charge in [0.2, 0.25) is 0 Å². The van der Waals surface area contributed by atoms with Crippen molar-refractivity contribution in [2.24, 2.45) is 0 Å². The van der Waals surface area contributed by atoms with Gasteiger partial charge in [-0.15, -0.1) is 5.54 Å². The molecule has 10 heteroatoms. The van der Waals surface area contributed by atoms with Crippen LogP contribution in [-0.4, -0.2) is 47.9 Å². The number of hydrogen-bond acceptors (Lipinski definition) is 5. The third-order valence-corrected chi connectivity index (χ3v) is 7.23. The second-order valence-corrected chi connectivity index (χ2v) is 15.1. The Morgan fingerprint density at radius 1 is 1.20 bits per heavy atom. The van der Waals surface area contributed by atoms with Crippen molar-refractivity contribution >= 4 is 52.5 Å². The third-order valence-electron chi connectivity index (χ3n) is 5.86. The molecule has 35 heavy (non-hydrogen) atoms. The number of aromatic amines is 1. The first-order valence-corrected chi connectivity index (χ1v) is 15.3. The molecular weight excluding hydrogens is 530 g/mol. The second-order valence-electron chi connectivity index (χ2n) is 9.41. The van der Waals surface area contributed by atoms with Crippen LogP contribution in [0.15, 0.2) is 46.9 Å². The molecule has 3 aromatic rings. The molecule has 4 rings (SSSR count). The van der Waals surface area contributed by atoms with Gasteiger partial charge in [-0.3, -0.25) is 14.9 Å². The lowest BCUT2D eigenvalue weighted by Crippen LogP contribution is -2.51. The maximum absolute atomic E-state index is 13.6. The summed E-state index contributed by atoms with van der Waals surface area (Å²) in [6.45, 7) is 6.09. The van der Waals surface area contributed by atoms with Gasteiger partial charge in [-0.1, -0.05) is 35.6 Å². The van der Waals surface area contributed by atoms with Gasteiger partial charge >= 0.3 is 5.97 Å². The Hall–Kier alpha value is -3.42. The molecule has 2 aromatic carbocycles. The van der Waals surface area contributed by atoms with Gasteiger partial charge in [0.25, 0.3) is 11.6 Å². The molecule has 8 nitrogen and oxygen atoms in total. The predicted molar refractivity (Wildman–Crippen MR) is 138 cm³/mol. The Morgan fingerprint density at radius 3 is 2.49 bits per heavy atom. The maximum atomic E-state index is 13.6. The minimum absolute atomic E-state index is 0.0636. The standard InChI is InChI=1S/C25H24BrN3O5Si/c1-34-25(31)21-14-19-18-13-16(26)7-10-20(18)27-23(19)24(15-5-8-17(9-6-15)29(32)33)28(21)22(30)11-12-35(2,3)4/h5-10,13,21,24,27H,14H2,1-4H3/t21-,24+/m1/s1. The maximum Gasteiger partial charge on any atom is 0.328 e. The highest BCUT2D eigenvalue weighted by Gasteiger charge is 2.44. The highest BCUT2D eigenvalue weighted by molar-refractivity contribution is 9.10. The minimum Gasteiger partial charge on any atom is -0.467 e. The first kappa shape index (κ1) is 24.7. The second kappa shape index (κ2) is 9.32. The molecule has 0 radical (unpaired) electrons. The molecule has 2 heterocycles. The Balaban J connectivity index is 1.97. The van der Waals surface area contributed by atoms with Crippen molar-refractivity contribution in [1.82, 2.24) is 9.88 Å². The van der Waals surface area contributed by atoms with Gasteiger partial charge < -0.3 is 14.6 Å². The summed E-state index contributed by atoms with van der Waals surface area (Å²) >= 11 is 3.51. The van der Waals surface area contributed by atoms with E-state index >= 15 is 0 Å². The number of rotatable bonds is 3. The molecule has 0 saturated carbocycles. The zero-order valence-electron chi connectivity index (χ0n) is 19.7. The number of H-pyrrole nitrogens is 1. The van der Waals surface area contributed by atoms with Crippen molar-refractivity contribution < 1.29 is 19.2 Å². The Bertz CT molecular complexity index is 1400. The highest BCUT2D eigenvalue weighted by Crippen LogP contribution is 2.42. The van der Waals surface area contributed by atoms with Gasteiger partial charge in [-0.05, 0) is 47.4 Å². The van der Waals surface area contributed by atoms with Crippen LogP contribution in [-0.2, 0) is 20.7 Å². The molecule has 0 saturated heterocycles. The van der Waals surface area contributed by atoms with Crippen LogP contribution in [0.3, 0.4) is 0 Å². The van der Waals surface area contributed by atoms with E-state index < -0.39 is 37.0 Å². The number of non-ortho nitro benzene ring substituents is 1. The fourth-order valence-electron chi connectivity index (χ4n) is 4.31. The van der Waals surface area contributed by atoms with Gasteiger partial charge in [0, 0.05) is 39.6 Å². The van der Waals surface area contributed by atoms with Crippen molar-refractivity contribution in [2.45, 2.75) is 38.1 Å². The Morgan fingerprint density at radius 2 is 1.89 bits per heavy atom. The van der Waals surface area contributed by atoms with Gasteiger partial charge in [-0.2, -0.15) is 0 Å². The van der Waals surface area contributed by atoms with E-state index in [0.29, 0.717) is 5.56 Å². The number of nitrogens with zero attached hydrogens (tertiary/aromatic N) is 2. The zero-order valence-corrected chi connectivity index (χ0v) is 22.3. The monoisotopic (exact) mass is 553 g/mol. The number of fused-ring (bicyclic) bond motifs is 3. The smallest absolute Gasteiger partial charge is 0.328 e. The Kier molecular flexibility index (Phi) is 6.57. The topological polar surface area (TPSA) is 106 Å². The number of esters is 1. The number of carbonyl (C=O) groups is 2. The first-order chi connectivity index (χ1) is 16.5. The number of methoxy groups -OCH3 is 1. The number of nitrogens with one attached hydrogen (secondary N) is 1. The zero-order chi connectivity index (χ0) is 25.5. The summed E-state index contributed by atoms with van der Waals surface area (Å²) in [5.74, 6) is 1.73. The van der Waals surface area contributed by atoms with E-state index in [-0.39, 0.29) is 12.1 Å². The molecule has 0 spiro atoms. The fourth-order valence-corrected chi connectivity index (χ4v) is 5.15. The SMILES string of the molecule is COC(=O)[C@H]1Cc2c([nH]c3ccc(Br)cc23)[C@H](c2ccc([N+](=O)[O-])cc2)N1C(=O)C#C[Si](C)(C)C. The molecular formula is C25H24BrN3O5Si. The first-order valence-electron chi connectivity index (χ1n) is 11.0. The fraction of sp³-hybridized carbons (Fsp3) is 0.280. The molecule has 0 bridgehead atoms. The Labute approximate surface area is 211 Å². The lowest BCUT2D eigenvalue weighted by Gasteiger charge is -2.39. The van der Waals surface area contributed by atoms with Crippen LogP contribution in [0.4, 0.5) is 5.69 Å². The van der Waals surface area contributed by atoms with Crippen molar-refractivity contribution in [3.63, 3.8) is 0 Å². The minimum atomic E-state index is -1.88. The number of ether oxygens (including phenoxy) is 1. The summed E-state index contributed by atoms with van der Waals surface area (Å²) in [6.07, 6.45) is 0.252. The van der Waals surface area contributed by atoms with E-state index in [1.807, 2.05) is 37.8 Å². The number of amides is 1. The number of nitro benzene ring substituents is 1. The van der Waals surface area contributed by atoms with Crippen molar-refractivity contribution in [1.29, 1.82) is 0 Å². The molecule has 2 atom stereocenters. The molecule has 1 aliphatic rings. The average molecular weight is 554 g/mol. The van der Waals surface area contributed by atoms with E-state index in [1.165, 1.54) is 24.1 Å². The van der Waals surface area contributed by atoms with E-state index in [0.717, 1.165) is 26.6 Å². The van der Waals surface area contributed by atoms with Gasteiger partial charge in [-0.25, -0.2) is 4.79 Å². The lowest BCUT2D eigenvalue weighted by molar-refractivity contribution is -0.384. The summed E-state index contributed by atoms with van der Waals surface area (Å²) in [6, 6.07) is 10.2. The average Bonchev–Trinajstić information content (AvgIpc) is 3.17. The van der Waals surface area contributed by atoms with Crippen molar-refractivity contribution in [2.75, 3.05) is 7.11 Å². The number of hydrogen-bond donors (Lipinski definition) is 1. The summed E-state index contributed by atoms with van der Waals surface area (Å²) in [5, 5.41) is 12.1. The van der Waals surface area contributed by atoms with Crippen LogP contribution >= 0.6 is 15.9 Å². The summed E-state index contributed by atoms with van der Waals surface area (Å²) in [5.41, 5.74) is 6.15. The number of benzene rings is 2. The molecule has 1 aromatic heterocycles. The third kappa shape index (κ3) is 4.87. The van der Waals surface area contributed by atoms with Crippen LogP contribution in [0.5, 0.6) is 0 Å². The molecule has 0 fully saturated rings. The van der Waals surface area contributed by atoms with Crippen molar-refractivity contribution in [3.8, 4) is 11.5 Å². The summed E-state index contributed by atoms with van der Waals surface area (Å²) in [4.78, 5) is 42.1. The van der Waals surface area contributed by atoms with Gasteiger partial charge in [0.15, 0.2) is 0 Å². The largest absolute Gasteiger partial charge is 0.467 e. The summed E-state index contributed by atoms with van der Waals surface area (Å²) < 4.78 is 5.98. The number of carbonyl (C=O) groups excluding carboxylic acids is 2. The van der Waals surface area contributed by atoms with Gasteiger partial charge in [0.05, 0.1) is 18.1 Å². The molecule has 180 valence electrons. The molecule has 1 aliphatic heterocycles. The van der Waals surface area contributed by atoms with Crippen LogP contribution in [0.2, 0.25) is 19.6 Å². The number of aromatic nitrogens is 1. The predicted octanol–water partition coefficient (Wildman–Crippen LogP) is 4.74. The van der Waals surface area contributed by atoms with Crippen molar-refractivity contribution in [3.05, 3.63) is 73.9 Å². The quantitative estimate of drug-likeness (QED) is 0.166. The molecule has 1 N–H and O–H groups in total. The van der Waals surface area contributed by atoms with E-state index in [2.05, 4.69) is 32.4 Å². The van der Waals surface area contributed by atoms with Crippen LogP contribution < -0.4 is 0 Å². The van der Waals surface area contributed by atoms with Gasteiger partial charge in [0.1, 0.15) is 14.1 Å². The van der Waals surface area contributed by atoms with E-state index in [1.54, 1.807) is 12.1 Å². The van der Waals surface area contributed by atoms with E-state index in [4.69, 9.17) is 4.74 Å². The highest BCUT2D eigenvalue weighted by atomic mass is 79.9.